The molecule has 1 unspecified atom stereocenters. The third-order valence-corrected chi connectivity index (χ3v) is 6.39. The number of nitrogens with one attached hydrogen (secondary N) is 2. The molecule has 3 rings (SSSR count). The Balaban J connectivity index is 1.93. The van der Waals surface area contributed by atoms with Gasteiger partial charge in [0.25, 0.3) is 5.91 Å². The fourth-order valence-corrected chi connectivity index (χ4v) is 5.06. The van der Waals surface area contributed by atoms with E-state index in [9.17, 15) is 13.2 Å². The molecule has 0 spiro atoms. The number of hydrogen-bond acceptors (Lipinski definition) is 5. The number of carbonyl (C=O) groups excluding carboxylic acids is 1. The quantitative estimate of drug-likeness (QED) is 0.852. The predicted molar refractivity (Wildman–Crippen MR) is 93.0 cm³/mol. The van der Waals surface area contributed by atoms with Crippen LogP contribution in [0.4, 0.5) is 5.69 Å². The first-order valence-corrected chi connectivity index (χ1v) is 9.90. The molecule has 0 bridgehead atoms. The van der Waals surface area contributed by atoms with Crippen LogP contribution < -0.4 is 14.8 Å². The van der Waals surface area contributed by atoms with E-state index in [2.05, 4.69) is 10.0 Å². The van der Waals surface area contributed by atoms with E-state index < -0.39 is 10.0 Å². The normalized spacial score (nSPS) is 15.3. The molecule has 1 aromatic carbocycles. The Morgan fingerprint density at radius 3 is 2.88 bits per heavy atom. The molecule has 2 N–H and O–H groups in total. The summed E-state index contributed by atoms with van der Waals surface area (Å²) in [6, 6.07) is 6.63. The van der Waals surface area contributed by atoms with Crippen molar-refractivity contribution >= 4 is 33.0 Å². The van der Waals surface area contributed by atoms with Crippen molar-refractivity contribution in [3.05, 3.63) is 40.1 Å². The highest BCUT2D eigenvalue weighted by Crippen LogP contribution is 2.33. The molecular formula is C16H18N2O4S2. The molecule has 0 fully saturated rings. The van der Waals surface area contributed by atoms with Crippen LogP contribution in [-0.2, 0) is 14.8 Å². The predicted octanol–water partition coefficient (Wildman–Crippen LogP) is 2.82. The second-order valence-corrected chi connectivity index (χ2v) is 8.21. The average molecular weight is 366 g/mol. The van der Waals surface area contributed by atoms with E-state index in [1.807, 2.05) is 24.4 Å². The molecule has 2 heterocycles. The highest BCUT2D eigenvalue weighted by atomic mass is 32.2. The molecule has 6 nitrogen and oxygen atoms in total. The van der Waals surface area contributed by atoms with Crippen LogP contribution in [0.3, 0.4) is 0 Å². The Bertz CT molecular complexity index is 860. The molecule has 1 aromatic heterocycles. The van der Waals surface area contributed by atoms with Gasteiger partial charge in [-0.05, 0) is 36.4 Å². The zero-order chi connectivity index (χ0) is 17.3. The molecule has 0 saturated heterocycles. The summed E-state index contributed by atoms with van der Waals surface area (Å²) in [6.45, 7) is 3.52. The standard InChI is InChI=1S/C16H18N2O4S2/c1-3-11(14-5-4-6-23-14)18-24(20,21)15-8-13-12(7-10(15)2)17-16(19)9-22-13/h4-8,11,18H,3,9H2,1-2H3,(H,17,19). The Hall–Kier alpha value is -1.90. The highest BCUT2D eigenvalue weighted by Gasteiger charge is 2.26. The van der Waals surface area contributed by atoms with Gasteiger partial charge in [-0.2, -0.15) is 0 Å². The molecule has 0 saturated carbocycles. The molecule has 0 radical (unpaired) electrons. The van der Waals surface area contributed by atoms with Gasteiger partial charge in [0.1, 0.15) is 5.75 Å². The van der Waals surface area contributed by atoms with Crippen LogP contribution in [0.5, 0.6) is 5.75 Å². The summed E-state index contributed by atoms with van der Waals surface area (Å²) in [6.07, 6.45) is 0.649. The maximum atomic E-state index is 12.8. The molecule has 1 aliphatic heterocycles. The lowest BCUT2D eigenvalue weighted by Crippen LogP contribution is -2.29. The number of hydrogen-bond donors (Lipinski definition) is 2. The van der Waals surface area contributed by atoms with Crippen LogP contribution in [0.15, 0.2) is 34.5 Å². The molecule has 24 heavy (non-hydrogen) atoms. The number of thiophene rings is 1. The minimum absolute atomic E-state index is 0.115. The smallest absolute Gasteiger partial charge is 0.262 e. The van der Waals surface area contributed by atoms with Gasteiger partial charge in [-0.25, -0.2) is 13.1 Å². The minimum Gasteiger partial charge on any atom is -0.482 e. The molecule has 128 valence electrons. The molecule has 2 aromatic rings. The first-order chi connectivity index (χ1) is 11.4. The van der Waals surface area contributed by atoms with Crippen molar-refractivity contribution in [1.82, 2.24) is 4.72 Å². The van der Waals surface area contributed by atoms with Crippen LogP contribution >= 0.6 is 11.3 Å². The monoisotopic (exact) mass is 366 g/mol. The van der Waals surface area contributed by atoms with Crippen LogP contribution in [0.25, 0.3) is 0 Å². The molecule has 8 heteroatoms. The number of benzene rings is 1. The number of aryl methyl sites for hydroxylation is 1. The van der Waals surface area contributed by atoms with Gasteiger partial charge in [0.2, 0.25) is 10.0 Å². The molecule has 1 amide bonds. The van der Waals surface area contributed by atoms with Crippen molar-refractivity contribution in [2.24, 2.45) is 0 Å². The number of rotatable bonds is 5. The number of amides is 1. The van der Waals surface area contributed by atoms with Gasteiger partial charge in [-0.3, -0.25) is 4.79 Å². The second-order valence-electron chi connectivity index (χ2n) is 5.55. The van der Waals surface area contributed by atoms with Gasteiger partial charge < -0.3 is 10.1 Å². The van der Waals surface area contributed by atoms with Crippen molar-refractivity contribution in [3.63, 3.8) is 0 Å². The first kappa shape index (κ1) is 16.9. The summed E-state index contributed by atoms with van der Waals surface area (Å²) < 4.78 is 33.7. The lowest BCUT2D eigenvalue weighted by molar-refractivity contribution is -0.118. The lowest BCUT2D eigenvalue weighted by Gasteiger charge is -2.21. The van der Waals surface area contributed by atoms with E-state index in [1.165, 1.54) is 17.4 Å². The number of ether oxygens (including phenoxy) is 1. The Kier molecular flexibility index (Phi) is 4.62. The number of anilines is 1. The highest BCUT2D eigenvalue weighted by molar-refractivity contribution is 7.89. The molecule has 1 aliphatic rings. The van der Waals surface area contributed by atoms with Crippen molar-refractivity contribution in [2.75, 3.05) is 11.9 Å². The zero-order valence-corrected chi connectivity index (χ0v) is 15.0. The second kappa shape index (κ2) is 6.54. The average Bonchev–Trinajstić information content (AvgIpc) is 3.06. The van der Waals surface area contributed by atoms with E-state index >= 15 is 0 Å². The van der Waals surface area contributed by atoms with Gasteiger partial charge in [0, 0.05) is 10.9 Å². The third-order valence-electron chi connectivity index (χ3n) is 3.79. The largest absolute Gasteiger partial charge is 0.482 e. The first-order valence-electron chi connectivity index (χ1n) is 7.53. The molecule has 0 aliphatic carbocycles. The zero-order valence-electron chi connectivity index (χ0n) is 13.3. The van der Waals surface area contributed by atoms with E-state index in [-0.39, 0.29) is 23.5 Å². The summed E-state index contributed by atoms with van der Waals surface area (Å²) in [7, 11) is -3.71. The number of fused-ring (bicyclic) bond motifs is 1. The summed E-state index contributed by atoms with van der Waals surface area (Å²) >= 11 is 1.52. The van der Waals surface area contributed by atoms with Crippen molar-refractivity contribution < 1.29 is 17.9 Å². The fourth-order valence-electron chi connectivity index (χ4n) is 2.59. The van der Waals surface area contributed by atoms with Gasteiger partial charge in [0.15, 0.2) is 6.61 Å². The van der Waals surface area contributed by atoms with Crippen molar-refractivity contribution in [3.8, 4) is 5.75 Å². The van der Waals surface area contributed by atoms with Crippen LogP contribution in [0.2, 0.25) is 0 Å². The number of sulfonamides is 1. The van der Waals surface area contributed by atoms with Gasteiger partial charge in [0.05, 0.1) is 16.6 Å². The SMILES string of the molecule is CCC(NS(=O)(=O)c1cc2c(cc1C)NC(=O)CO2)c1cccs1. The Morgan fingerprint density at radius 2 is 2.21 bits per heavy atom. The summed E-state index contributed by atoms with van der Waals surface area (Å²) in [4.78, 5) is 12.5. The lowest BCUT2D eigenvalue weighted by atomic mass is 10.2. The van der Waals surface area contributed by atoms with E-state index in [0.717, 1.165) is 4.88 Å². The third kappa shape index (κ3) is 3.31. The van der Waals surface area contributed by atoms with Crippen LogP contribution in [0, 0.1) is 6.92 Å². The van der Waals surface area contributed by atoms with Crippen molar-refractivity contribution in [2.45, 2.75) is 31.2 Å². The summed E-state index contributed by atoms with van der Waals surface area (Å²) in [5, 5.41) is 4.60. The fraction of sp³-hybridized carbons (Fsp3) is 0.312. The summed E-state index contributed by atoms with van der Waals surface area (Å²) in [5.41, 5.74) is 1.04. The van der Waals surface area contributed by atoms with E-state index in [0.29, 0.717) is 23.4 Å². The Labute approximate surface area is 144 Å². The summed E-state index contributed by atoms with van der Waals surface area (Å²) in [5.74, 6) is 0.115. The maximum absolute atomic E-state index is 12.8. The van der Waals surface area contributed by atoms with Gasteiger partial charge in [-0.1, -0.05) is 13.0 Å². The topological polar surface area (TPSA) is 84.5 Å². The molecule has 1 atom stereocenters. The Morgan fingerprint density at radius 1 is 1.42 bits per heavy atom. The maximum Gasteiger partial charge on any atom is 0.262 e. The van der Waals surface area contributed by atoms with Gasteiger partial charge in [-0.15, -0.1) is 11.3 Å². The van der Waals surface area contributed by atoms with Crippen molar-refractivity contribution in [1.29, 1.82) is 0 Å². The minimum atomic E-state index is -3.71. The van der Waals surface area contributed by atoms with Crippen LogP contribution in [-0.4, -0.2) is 20.9 Å². The number of carbonyl (C=O) groups is 1. The van der Waals surface area contributed by atoms with Gasteiger partial charge >= 0.3 is 0 Å². The molecular weight excluding hydrogens is 348 g/mol. The van der Waals surface area contributed by atoms with E-state index in [1.54, 1.807) is 13.0 Å². The van der Waals surface area contributed by atoms with Crippen LogP contribution in [0.1, 0.15) is 29.8 Å². The van der Waals surface area contributed by atoms with E-state index in [4.69, 9.17) is 4.74 Å².